The number of urea groups is 1. The van der Waals surface area contributed by atoms with Gasteiger partial charge in [-0.25, -0.2) is 4.79 Å². The maximum Gasteiger partial charge on any atom is 0.339 e. The van der Waals surface area contributed by atoms with Gasteiger partial charge in [0.15, 0.2) is 0 Å². The van der Waals surface area contributed by atoms with Crippen molar-refractivity contribution in [2.75, 3.05) is 5.32 Å². The molecule has 0 aliphatic rings. The van der Waals surface area contributed by atoms with Crippen LogP contribution in [0.4, 0.5) is 10.5 Å². The van der Waals surface area contributed by atoms with E-state index in [2.05, 4.69) is 10.6 Å². The van der Waals surface area contributed by atoms with Crippen LogP contribution >= 0.6 is 0 Å². The van der Waals surface area contributed by atoms with Crippen LogP contribution in [0.2, 0.25) is 0 Å². The van der Waals surface area contributed by atoms with E-state index in [1.54, 1.807) is 35.4 Å². The standard InChI is InChI=1S/C24H27N3O6S/c1-17(2)25-24(29)27(16-22-5-4-14-32-22)15-19-6-10-21(11-7-19)33-34(30,31)23-12-8-20(9-13-23)26-18(3)28/h4-14,17H,15-16H2,1-3H3,(H,25,29)(H,26,28). The first-order valence-corrected chi connectivity index (χ1v) is 12.0. The van der Waals surface area contributed by atoms with Gasteiger partial charge in [-0.05, 0) is 67.9 Å². The summed E-state index contributed by atoms with van der Waals surface area (Å²) < 4.78 is 35.8. The molecule has 1 heterocycles. The van der Waals surface area contributed by atoms with Gasteiger partial charge in [-0.2, -0.15) is 8.42 Å². The van der Waals surface area contributed by atoms with Gasteiger partial charge in [-0.1, -0.05) is 12.1 Å². The predicted octanol–water partition coefficient (Wildman–Crippen LogP) is 4.13. The Morgan fingerprint density at radius 1 is 1.00 bits per heavy atom. The number of anilines is 1. The molecule has 2 N–H and O–H groups in total. The lowest BCUT2D eigenvalue weighted by Crippen LogP contribution is -2.42. The van der Waals surface area contributed by atoms with Gasteiger partial charge < -0.3 is 24.1 Å². The van der Waals surface area contributed by atoms with E-state index in [-0.39, 0.29) is 41.7 Å². The SMILES string of the molecule is CC(=O)Nc1ccc(S(=O)(=O)Oc2ccc(CN(Cc3ccco3)C(=O)NC(C)C)cc2)cc1. The molecule has 9 nitrogen and oxygen atoms in total. The van der Waals surface area contributed by atoms with Gasteiger partial charge in [0.05, 0.1) is 12.8 Å². The lowest BCUT2D eigenvalue weighted by molar-refractivity contribution is -0.114. The minimum Gasteiger partial charge on any atom is -0.467 e. The fraction of sp³-hybridized carbons (Fsp3) is 0.250. The lowest BCUT2D eigenvalue weighted by atomic mass is 10.2. The zero-order valence-electron chi connectivity index (χ0n) is 19.1. The van der Waals surface area contributed by atoms with Crippen molar-refractivity contribution in [2.45, 2.75) is 44.8 Å². The summed E-state index contributed by atoms with van der Waals surface area (Å²) >= 11 is 0. The van der Waals surface area contributed by atoms with Gasteiger partial charge >= 0.3 is 16.1 Å². The minimum atomic E-state index is -4.06. The maximum absolute atomic E-state index is 12.6. The Hall–Kier alpha value is -3.79. The highest BCUT2D eigenvalue weighted by atomic mass is 32.2. The Morgan fingerprint density at radius 3 is 2.24 bits per heavy atom. The van der Waals surface area contributed by atoms with Gasteiger partial charge in [0.1, 0.15) is 16.4 Å². The summed E-state index contributed by atoms with van der Waals surface area (Å²) in [6, 6.07) is 15.4. The topological polar surface area (TPSA) is 118 Å². The van der Waals surface area contributed by atoms with Crippen LogP contribution in [0, 0.1) is 0 Å². The molecule has 0 saturated heterocycles. The van der Waals surface area contributed by atoms with Gasteiger partial charge in [0, 0.05) is 25.2 Å². The number of carbonyl (C=O) groups is 2. The van der Waals surface area contributed by atoms with Crippen LogP contribution in [0.15, 0.2) is 76.2 Å². The molecule has 0 bridgehead atoms. The van der Waals surface area contributed by atoms with Gasteiger partial charge in [-0.3, -0.25) is 4.79 Å². The molecule has 10 heteroatoms. The Kier molecular flexibility index (Phi) is 7.95. The average Bonchev–Trinajstić information content (AvgIpc) is 3.27. The Balaban J connectivity index is 1.68. The number of rotatable bonds is 9. The normalized spacial score (nSPS) is 11.2. The summed E-state index contributed by atoms with van der Waals surface area (Å²) in [6.45, 7) is 5.69. The van der Waals surface area contributed by atoms with E-state index in [4.69, 9.17) is 8.60 Å². The molecular weight excluding hydrogens is 458 g/mol. The number of carbonyl (C=O) groups excluding carboxylic acids is 2. The van der Waals surface area contributed by atoms with Gasteiger partial charge in [-0.15, -0.1) is 0 Å². The Morgan fingerprint density at radius 2 is 1.68 bits per heavy atom. The summed E-state index contributed by atoms with van der Waals surface area (Å²) in [4.78, 5) is 25.3. The van der Waals surface area contributed by atoms with Crippen molar-refractivity contribution in [1.29, 1.82) is 0 Å². The molecule has 3 amide bonds. The number of furan rings is 1. The molecule has 1 aromatic heterocycles. The average molecular weight is 486 g/mol. The number of nitrogens with zero attached hydrogens (tertiary/aromatic N) is 1. The molecule has 0 saturated carbocycles. The summed E-state index contributed by atoms with van der Waals surface area (Å²) in [5.74, 6) is 0.532. The van der Waals surface area contributed by atoms with Crippen molar-refractivity contribution in [3.63, 3.8) is 0 Å². The second-order valence-corrected chi connectivity index (χ2v) is 9.47. The molecule has 3 rings (SSSR count). The molecule has 3 aromatic rings. The van der Waals surface area contributed by atoms with Crippen molar-refractivity contribution in [1.82, 2.24) is 10.2 Å². The third-order valence-corrected chi connectivity index (χ3v) is 5.85. The Labute approximate surface area is 198 Å². The van der Waals surface area contributed by atoms with Crippen molar-refractivity contribution in [3.8, 4) is 5.75 Å². The van der Waals surface area contributed by atoms with Crippen LogP contribution < -0.4 is 14.8 Å². The molecule has 0 unspecified atom stereocenters. The highest BCUT2D eigenvalue weighted by Crippen LogP contribution is 2.22. The quantitative estimate of drug-likeness (QED) is 0.440. The summed E-state index contributed by atoms with van der Waals surface area (Å²) in [7, 11) is -4.06. The van der Waals surface area contributed by atoms with Crippen LogP contribution in [0.1, 0.15) is 32.1 Å². The molecule has 180 valence electrons. The highest BCUT2D eigenvalue weighted by Gasteiger charge is 2.19. The van der Waals surface area contributed by atoms with Crippen LogP contribution in [-0.4, -0.2) is 31.3 Å². The van der Waals surface area contributed by atoms with Crippen LogP contribution in [0.3, 0.4) is 0 Å². The molecular formula is C24H27N3O6S. The number of benzene rings is 2. The first-order chi connectivity index (χ1) is 16.1. The first-order valence-electron chi connectivity index (χ1n) is 10.6. The highest BCUT2D eigenvalue weighted by molar-refractivity contribution is 7.87. The largest absolute Gasteiger partial charge is 0.467 e. The maximum atomic E-state index is 12.6. The van der Waals surface area contributed by atoms with E-state index in [0.717, 1.165) is 5.56 Å². The number of hydrogen-bond acceptors (Lipinski definition) is 6. The minimum absolute atomic E-state index is 0.0279. The molecule has 0 atom stereocenters. The number of nitrogens with one attached hydrogen (secondary N) is 2. The summed E-state index contributed by atoms with van der Waals surface area (Å²) in [5.41, 5.74) is 1.27. The molecule has 0 radical (unpaired) electrons. The van der Waals surface area contributed by atoms with E-state index in [9.17, 15) is 18.0 Å². The third kappa shape index (κ3) is 7.11. The van der Waals surface area contributed by atoms with E-state index in [1.807, 2.05) is 13.8 Å². The van der Waals surface area contributed by atoms with Crippen molar-refractivity contribution < 1.29 is 26.6 Å². The second-order valence-electron chi connectivity index (χ2n) is 7.93. The molecule has 0 aliphatic carbocycles. The molecule has 0 fully saturated rings. The second kappa shape index (κ2) is 10.9. The predicted molar refractivity (Wildman–Crippen MR) is 127 cm³/mol. The lowest BCUT2D eigenvalue weighted by Gasteiger charge is -2.23. The summed E-state index contributed by atoms with van der Waals surface area (Å²) in [5, 5.41) is 5.44. The van der Waals surface area contributed by atoms with Crippen molar-refractivity contribution >= 4 is 27.7 Å². The van der Waals surface area contributed by atoms with E-state index < -0.39 is 10.1 Å². The van der Waals surface area contributed by atoms with Crippen LogP contribution in [0.25, 0.3) is 0 Å². The number of hydrogen-bond donors (Lipinski definition) is 2. The monoisotopic (exact) mass is 485 g/mol. The van der Waals surface area contributed by atoms with Crippen LogP contribution in [-0.2, 0) is 28.0 Å². The van der Waals surface area contributed by atoms with E-state index in [1.165, 1.54) is 43.3 Å². The van der Waals surface area contributed by atoms with Gasteiger partial charge in [0.2, 0.25) is 5.91 Å². The van der Waals surface area contributed by atoms with E-state index in [0.29, 0.717) is 11.4 Å². The zero-order chi connectivity index (χ0) is 24.7. The fourth-order valence-electron chi connectivity index (χ4n) is 3.08. The molecule has 34 heavy (non-hydrogen) atoms. The van der Waals surface area contributed by atoms with E-state index >= 15 is 0 Å². The number of amides is 3. The zero-order valence-corrected chi connectivity index (χ0v) is 20.0. The smallest absolute Gasteiger partial charge is 0.339 e. The van der Waals surface area contributed by atoms with Gasteiger partial charge in [0.25, 0.3) is 0 Å². The van der Waals surface area contributed by atoms with Crippen molar-refractivity contribution in [2.24, 2.45) is 0 Å². The fourth-order valence-corrected chi connectivity index (χ4v) is 4.01. The third-order valence-electron chi connectivity index (χ3n) is 4.59. The van der Waals surface area contributed by atoms with Crippen LogP contribution in [0.5, 0.6) is 5.75 Å². The molecule has 0 aliphatic heterocycles. The molecule has 0 spiro atoms. The molecule has 2 aromatic carbocycles. The van der Waals surface area contributed by atoms with Crippen molar-refractivity contribution in [3.05, 3.63) is 78.3 Å². The first kappa shape index (κ1) is 24.8. The summed E-state index contributed by atoms with van der Waals surface area (Å²) in [6.07, 6.45) is 1.55. The Bertz CT molecular complexity index is 1200.